The molecule has 0 aromatic heterocycles. The first kappa shape index (κ1) is 8.55. The van der Waals surface area contributed by atoms with Gasteiger partial charge in [0.2, 0.25) is 0 Å². The Morgan fingerprint density at radius 1 is 1.36 bits per heavy atom. The van der Waals surface area contributed by atoms with E-state index in [1.165, 1.54) is 25.7 Å². The van der Waals surface area contributed by atoms with Gasteiger partial charge in [0.1, 0.15) is 0 Å². The Morgan fingerprint density at radius 3 is 2.73 bits per heavy atom. The number of rotatable bonds is 4. The van der Waals surface area contributed by atoms with E-state index < -0.39 is 0 Å². The van der Waals surface area contributed by atoms with Crippen molar-refractivity contribution in [3.8, 4) is 6.07 Å². The Kier molecular flexibility index (Phi) is 4.00. The number of hydrogen-bond acceptors (Lipinski definition) is 2. The van der Waals surface area contributed by atoms with Crippen LogP contribution in [0.4, 0.5) is 0 Å². The van der Waals surface area contributed by atoms with Crippen LogP contribution in [0.2, 0.25) is 0 Å². The summed E-state index contributed by atoms with van der Waals surface area (Å²) in [7, 11) is 0. The molecule has 0 radical (unpaired) electrons. The van der Waals surface area contributed by atoms with Crippen LogP contribution in [0, 0.1) is 17.2 Å². The third-order valence-electron chi connectivity index (χ3n) is 2.19. The normalized spacial score (nSPS) is 18.5. The van der Waals surface area contributed by atoms with Gasteiger partial charge < -0.3 is 4.74 Å². The molecule has 62 valence electrons. The van der Waals surface area contributed by atoms with Crippen molar-refractivity contribution in [1.82, 2.24) is 0 Å². The van der Waals surface area contributed by atoms with Crippen molar-refractivity contribution in [1.29, 1.82) is 5.26 Å². The van der Waals surface area contributed by atoms with Gasteiger partial charge in [0.05, 0.1) is 19.1 Å². The Balaban J connectivity index is 1.90. The quantitative estimate of drug-likeness (QED) is 0.579. The van der Waals surface area contributed by atoms with Gasteiger partial charge in [-0.3, -0.25) is 0 Å². The highest BCUT2D eigenvalue weighted by Crippen LogP contribution is 2.24. The molecular formula is C9H15NO. The van der Waals surface area contributed by atoms with E-state index in [-0.39, 0.29) is 0 Å². The highest BCUT2D eigenvalue weighted by atomic mass is 16.5. The van der Waals surface area contributed by atoms with E-state index in [0.717, 1.165) is 12.5 Å². The van der Waals surface area contributed by atoms with Gasteiger partial charge >= 0.3 is 0 Å². The SMILES string of the molecule is N#CCCOCC1CCCC1. The molecule has 0 saturated heterocycles. The molecule has 1 fully saturated rings. The lowest BCUT2D eigenvalue weighted by Crippen LogP contribution is -2.05. The lowest BCUT2D eigenvalue weighted by Gasteiger charge is -2.07. The fraction of sp³-hybridized carbons (Fsp3) is 0.889. The van der Waals surface area contributed by atoms with Crippen molar-refractivity contribution in [2.24, 2.45) is 5.92 Å². The molecule has 0 amide bonds. The summed E-state index contributed by atoms with van der Waals surface area (Å²) in [6, 6.07) is 2.07. The van der Waals surface area contributed by atoms with Crippen molar-refractivity contribution < 1.29 is 4.74 Å². The minimum Gasteiger partial charge on any atom is -0.380 e. The van der Waals surface area contributed by atoms with Gasteiger partial charge in [-0.2, -0.15) is 5.26 Å². The van der Waals surface area contributed by atoms with E-state index in [0.29, 0.717) is 13.0 Å². The molecule has 0 heterocycles. The molecule has 2 heteroatoms. The Morgan fingerprint density at radius 2 is 2.09 bits per heavy atom. The molecule has 0 spiro atoms. The molecule has 1 saturated carbocycles. The van der Waals surface area contributed by atoms with Crippen LogP contribution in [0.3, 0.4) is 0 Å². The average Bonchev–Trinajstić information content (AvgIpc) is 2.50. The number of hydrogen-bond donors (Lipinski definition) is 0. The summed E-state index contributed by atoms with van der Waals surface area (Å²) >= 11 is 0. The highest BCUT2D eigenvalue weighted by Gasteiger charge is 2.14. The maximum absolute atomic E-state index is 8.23. The van der Waals surface area contributed by atoms with Gasteiger partial charge in [-0.1, -0.05) is 12.8 Å². The first-order chi connectivity index (χ1) is 5.43. The first-order valence-electron chi connectivity index (χ1n) is 4.38. The zero-order valence-electron chi connectivity index (χ0n) is 6.88. The van der Waals surface area contributed by atoms with Gasteiger partial charge in [0.25, 0.3) is 0 Å². The maximum Gasteiger partial charge on any atom is 0.0645 e. The second kappa shape index (κ2) is 5.15. The van der Waals surface area contributed by atoms with Crippen LogP contribution in [0.25, 0.3) is 0 Å². The minimum absolute atomic E-state index is 0.534. The maximum atomic E-state index is 8.23. The zero-order valence-corrected chi connectivity index (χ0v) is 6.88. The van der Waals surface area contributed by atoms with E-state index in [2.05, 4.69) is 6.07 Å². The number of nitrogens with zero attached hydrogens (tertiary/aromatic N) is 1. The molecule has 0 aromatic carbocycles. The van der Waals surface area contributed by atoms with Crippen molar-refractivity contribution in [2.75, 3.05) is 13.2 Å². The van der Waals surface area contributed by atoms with E-state index in [4.69, 9.17) is 10.00 Å². The molecule has 11 heavy (non-hydrogen) atoms. The van der Waals surface area contributed by atoms with Crippen molar-refractivity contribution in [2.45, 2.75) is 32.1 Å². The summed E-state index contributed by atoms with van der Waals surface area (Å²) in [4.78, 5) is 0. The summed E-state index contributed by atoms with van der Waals surface area (Å²) in [5.41, 5.74) is 0. The molecule has 0 bridgehead atoms. The average molecular weight is 153 g/mol. The van der Waals surface area contributed by atoms with Crippen LogP contribution in [-0.4, -0.2) is 13.2 Å². The van der Waals surface area contributed by atoms with Crippen LogP contribution in [-0.2, 0) is 4.74 Å². The lowest BCUT2D eigenvalue weighted by molar-refractivity contribution is 0.106. The van der Waals surface area contributed by atoms with Crippen molar-refractivity contribution in [3.05, 3.63) is 0 Å². The second-order valence-corrected chi connectivity index (χ2v) is 3.13. The van der Waals surface area contributed by atoms with E-state index in [9.17, 15) is 0 Å². The topological polar surface area (TPSA) is 33.0 Å². The van der Waals surface area contributed by atoms with Gasteiger partial charge in [-0.15, -0.1) is 0 Å². The highest BCUT2D eigenvalue weighted by molar-refractivity contribution is 4.69. The summed E-state index contributed by atoms with van der Waals surface area (Å²) in [5.74, 6) is 0.786. The summed E-state index contributed by atoms with van der Waals surface area (Å²) in [6.07, 6.45) is 5.92. The molecule has 0 N–H and O–H groups in total. The molecule has 0 atom stereocenters. The van der Waals surface area contributed by atoms with E-state index in [1.54, 1.807) is 0 Å². The molecule has 0 aliphatic heterocycles. The first-order valence-corrected chi connectivity index (χ1v) is 4.38. The molecular weight excluding hydrogens is 138 g/mol. The zero-order chi connectivity index (χ0) is 7.94. The predicted molar refractivity (Wildman–Crippen MR) is 43.0 cm³/mol. The Hall–Kier alpha value is -0.550. The summed E-state index contributed by atoms with van der Waals surface area (Å²) in [5, 5.41) is 8.23. The Labute approximate surface area is 68.2 Å². The number of ether oxygens (including phenoxy) is 1. The van der Waals surface area contributed by atoms with Crippen LogP contribution >= 0.6 is 0 Å². The smallest absolute Gasteiger partial charge is 0.0645 e. The van der Waals surface area contributed by atoms with E-state index in [1.807, 2.05) is 0 Å². The minimum atomic E-state index is 0.534. The predicted octanol–water partition coefficient (Wildman–Crippen LogP) is 2.11. The van der Waals surface area contributed by atoms with Gasteiger partial charge in [-0.05, 0) is 18.8 Å². The van der Waals surface area contributed by atoms with Crippen LogP contribution in [0.15, 0.2) is 0 Å². The standard InChI is InChI=1S/C9H15NO/c10-6-3-7-11-8-9-4-1-2-5-9/h9H,1-5,7-8H2. The second-order valence-electron chi connectivity index (χ2n) is 3.13. The number of nitriles is 1. The molecule has 1 rings (SSSR count). The molecule has 1 aliphatic carbocycles. The monoisotopic (exact) mass is 153 g/mol. The molecule has 2 nitrogen and oxygen atoms in total. The van der Waals surface area contributed by atoms with Gasteiger partial charge in [0.15, 0.2) is 0 Å². The van der Waals surface area contributed by atoms with Crippen molar-refractivity contribution >= 4 is 0 Å². The lowest BCUT2D eigenvalue weighted by atomic mass is 10.1. The fourth-order valence-electron chi connectivity index (χ4n) is 1.54. The summed E-state index contributed by atoms with van der Waals surface area (Å²) in [6.45, 7) is 1.49. The molecule has 1 aliphatic rings. The van der Waals surface area contributed by atoms with Crippen LogP contribution in [0.5, 0.6) is 0 Å². The Bertz CT molecular complexity index is 133. The summed E-state index contributed by atoms with van der Waals surface area (Å²) < 4.78 is 5.34. The van der Waals surface area contributed by atoms with Gasteiger partial charge in [-0.25, -0.2) is 0 Å². The third kappa shape index (κ3) is 3.38. The van der Waals surface area contributed by atoms with Gasteiger partial charge in [0, 0.05) is 6.61 Å². The fourth-order valence-corrected chi connectivity index (χ4v) is 1.54. The molecule has 0 unspecified atom stereocenters. The van der Waals surface area contributed by atoms with E-state index >= 15 is 0 Å². The third-order valence-corrected chi connectivity index (χ3v) is 2.19. The molecule has 0 aromatic rings. The largest absolute Gasteiger partial charge is 0.380 e. The van der Waals surface area contributed by atoms with Crippen molar-refractivity contribution in [3.63, 3.8) is 0 Å². The van der Waals surface area contributed by atoms with Crippen LogP contribution < -0.4 is 0 Å². The van der Waals surface area contributed by atoms with Crippen LogP contribution in [0.1, 0.15) is 32.1 Å².